The molecular formula is C14H20FN3O3. The fourth-order valence-corrected chi connectivity index (χ4v) is 1.70. The zero-order chi connectivity index (χ0) is 15.8. The third-order valence-corrected chi connectivity index (χ3v) is 2.78. The fourth-order valence-electron chi connectivity index (χ4n) is 1.70. The number of aromatic carboxylic acids is 1. The van der Waals surface area contributed by atoms with E-state index in [-0.39, 0.29) is 5.69 Å². The number of hydrogen-bond acceptors (Lipinski definition) is 3. The predicted octanol–water partition coefficient (Wildman–Crippen LogP) is 1.99. The summed E-state index contributed by atoms with van der Waals surface area (Å²) in [7, 11) is 3.96. The summed E-state index contributed by atoms with van der Waals surface area (Å²) in [6.07, 6.45) is 1.81. The van der Waals surface area contributed by atoms with Gasteiger partial charge in [0.2, 0.25) is 0 Å². The topological polar surface area (TPSA) is 81.7 Å². The summed E-state index contributed by atoms with van der Waals surface area (Å²) in [5.74, 6) is -2.23. The summed E-state index contributed by atoms with van der Waals surface area (Å²) < 4.78 is 13.4. The van der Waals surface area contributed by atoms with Gasteiger partial charge >= 0.3 is 12.0 Å². The first-order valence-electron chi connectivity index (χ1n) is 6.62. The largest absolute Gasteiger partial charge is 0.478 e. The predicted molar refractivity (Wildman–Crippen MR) is 78.2 cm³/mol. The molecule has 0 bridgehead atoms. The summed E-state index contributed by atoms with van der Waals surface area (Å²) in [5.41, 5.74) is -0.215. The smallest absolute Gasteiger partial charge is 0.338 e. The van der Waals surface area contributed by atoms with Gasteiger partial charge in [-0.3, -0.25) is 0 Å². The maximum Gasteiger partial charge on any atom is 0.338 e. The Morgan fingerprint density at radius 3 is 2.57 bits per heavy atom. The standard InChI is InChI=1S/C14H20FN3O3/c1-18(2)8-4-3-7-16-14(21)17-10-5-6-11(13(19)20)12(15)9-10/h5-6,9H,3-4,7-8H2,1-2H3,(H,19,20)(H2,16,17,21). The molecule has 0 fully saturated rings. The van der Waals surface area contributed by atoms with Crippen molar-refractivity contribution in [3.05, 3.63) is 29.6 Å². The maximum absolute atomic E-state index is 13.4. The molecule has 7 heteroatoms. The van der Waals surface area contributed by atoms with E-state index in [1.165, 1.54) is 6.07 Å². The number of carboxylic acids is 1. The molecule has 0 aliphatic heterocycles. The number of rotatable bonds is 7. The monoisotopic (exact) mass is 297 g/mol. The van der Waals surface area contributed by atoms with E-state index in [4.69, 9.17) is 5.11 Å². The van der Waals surface area contributed by atoms with Gasteiger partial charge in [0.25, 0.3) is 0 Å². The fraction of sp³-hybridized carbons (Fsp3) is 0.429. The Hall–Kier alpha value is -2.15. The van der Waals surface area contributed by atoms with Crippen molar-refractivity contribution in [1.82, 2.24) is 10.2 Å². The Bertz CT molecular complexity index is 506. The number of carbonyl (C=O) groups excluding carboxylic acids is 1. The van der Waals surface area contributed by atoms with Crippen LogP contribution in [0.15, 0.2) is 18.2 Å². The Kier molecular flexibility index (Phi) is 6.61. The zero-order valence-corrected chi connectivity index (χ0v) is 12.1. The van der Waals surface area contributed by atoms with Crippen LogP contribution in [0.25, 0.3) is 0 Å². The summed E-state index contributed by atoms with van der Waals surface area (Å²) in [4.78, 5) is 24.3. The van der Waals surface area contributed by atoms with Crippen LogP contribution in [0.1, 0.15) is 23.2 Å². The van der Waals surface area contributed by atoms with Gasteiger partial charge in [-0.25, -0.2) is 14.0 Å². The minimum absolute atomic E-state index is 0.211. The van der Waals surface area contributed by atoms with E-state index in [2.05, 4.69) is 15.5 Å². The Morgan fingerprint density at radius 2 is 2.00 bits per heavy atom. The summed E-state index contributed by atoms with van der Waals surface area (Å²) >= 11 is 0. The maximum atomic E-state index is 13.4. The molecule has 1 aromatic carbocycles. The third kappa shape index (κ3) is 6.22. The van der Waals surface area contributed by atoms with Crippen molar-refractivity contribution in [3.63, 3.8) is 0 Å². The number of hydrogen-bond donors (Lipinski definition) is 3. The molecule has 0 radical (unpaired) electrons. The molecule has 0 aromatic heterocycles. The molecule has 0 saturated carbocycles. The van der Waals surface area contributed by atoms with E-state index >= 15 is 0 Å². The number of carbonyl (C=O) groups is 2. The lowest BCUT2D eigenvalue weighted by Crippen LogP contribution is -2.30. The van der Waals surface area contributed by atoms with Crippen LogP contribution < -0.4 is 10.6 Å². The molecule has 0 aliphatic carbocycles. The second-order valence-corrected chi connectivity index (χ2v) is 4.89. The average molecular weight is 297 g/mol. The highest BCUT2D eigenvalue weighted by atomic mass is 19.1. The van der Waals surface area contributed by atoms with Crippen LogP contribution in [0.2, 0.25) is 0 Å². The molecule has 0 saturated heterocycles. The summed E-state index contributed by atoms with van der Waals surface area (Å²) in [6, 6.07) is 3.00. The second-order valence-electron chi connectivity index (χ2n) is 4.89. The molecule has 1 aromatic rings. The minimum Gasteiger partial charge on any atom is -0.478 e. The number of nitrogens with one attached hydrogen (secondary N) is 2. The third-order valence-electron chi connectivity index (χ3n) is 2.78. The number of anilines is 1. The first-order valence-corrected chi connectivity index (χ1v) is 6.62. The molecule has 0 aliphatic rings. The number of halogens is 1. The van der Waals surface area contributed by atoms with Crippen LogP contribution in [-0.2, 0) is 0 Å². The molecule has 6 nitrogen and oxygen atoms in total. The molecule has 3 N–H and O–H groups in total. The van der Waals surface area contributed by atoms with Gasteiger partial charge in [0, 0.05) is 12.2 Å². The number of amides is 2. The van der Waals surface area contributed by atoms with Gasteiger partial charge < -0.3 is 20.6 Å². The molecule has 0 spiro atoms. The van der Waals surface area contributed by atoms with Crippen molar-refractivity contribution < 1.29 is 19.1 Å². The van der Waals surface area contributed by atoms with Crippen LogP contribution in [-0.4, -0.2) is 49.2 Å². The average Bonchev–Trinajstić information content (AvgIpc) is 2.37. The van der Waals surface area contributed by atoms with E-state index in [0.717, 1.165) is 31.5 Å². The number of benzene rings is 1. The summed E-state index contributed by atoms with van der Waals surface area (Å²) in [5, 5.41) is 13.8. The van der Waals surface area contributed by atoms with E-state index in [0.29, 0.717) is 6.54 Å². The normalized spacial score (nSPS) is 10.5. The molecule has 116 valence electrons. The highest BCUT2D eigenvalue weighted by Crippen LogP contribution is 2.14. The molecule has 0 unspecified atom stereocenters. The van der Waals surface area contributed by atoms with E-state index in [1.807, 2.05) is 14.1 Å². The van der Waals surface area contributed by atoms with Gasteiger partial charge in [-0.1, -0.05) is 0 Å². The van der Waals surface area contributed by atoms with Crippen molar-refractivity contribution in [3.8, 4) is 0 Å². The first kappa shape index (κ1) is 16.9. The van der Waals surface area contributed by atoms with Crippen molar-refractivity contribution in [2.24, 2.45) is 0 Å². The van der Waals surface area contributed by atoms with Crippen LogP contribution in [0.3, 0.4) is 0 Å². The zero-order valence-electron chi connectivity index (χ0n) is 12.1. The van der Waals surface area contributed by atoms with Crippen molar-refractivity contribution >= 4 is 17.7 Å². The highest BCUT2D eigenvalue weighted by molar-refractivity contribution is 5.91. The quantitative estimate of drug-likeness (QED) is 0.672. The summed E-state index contributed by atoms with van der Waals surface area (Å²) in [6.45, 7) is 1.47. The van der Waals surface area contributed by atoms with Crippen LogP contribution in [0.4, 0.5) is 14.9 Å². The Labute approximate surface area is 122 Å². The number of urea groups is 1. The molecule has 2 amide bonds. The number of unbranched alkanes of at least 4 members (excludes halogenated alkanes) is 1. The first-order chi connectivity index (χ1) is 9.90. The van der Waals surface area contributed by atoms with Gasteiger partial charge in [0.1, 0.15) is 5.82 Å². The van der Waals surface area contributed by atoms with E-state index < -0.39 is 23.4 Å². The van der Waals surface area contributed by atoms with Crippen molar-refractivity contribution in [2.45, 2.75) is 12.8 Å². The molecule has 1 rings (SSSR count). The van der Waals surface area contributed by atoms with Crippen molar-refractivity contribution in [1.29, 1.82) is 0 Å². The lowest BCUT2D eigenvalue weighted by Gasteiger charge is -2.10. The van der Waals surface area contributed by atoms with Gasteiger partial charge in [0.05, 0.1) is 5.56 Å². The van der Waals surface area contributed by atoms with E-state index in [1.54, 1.807) is 0 Å². The van der Waals surface area contributed by atoms with Crippen molar-refractivity contribution in [2.75, 3.05) is 32.5 Å². The number of carboxylic acid groups (broad SMARTS) is 1. The molecule has 21 heavy (non-hydrogen) atoms. The van der Waals surface area contributed by atoms with Gasteiger partial charge in [-0.05, 0) is 51.7 Å². The SMILES string of the molecule is CN(C)CCCCNC(=O)Nc1ccc(C(=O)O)c(F)c1. The number of nitrogens with zero attached hydrogens (tertiary/aromatic N) is 1. The molecule has 0 heterocycles. The Morgan fingerprint density at radius 1 is 1.29 bits per heavy atom. The molecular weight excluding hydrogens is 277 g/mol. The second kappa shape index (κ2) is 8.21. The minimum atomic E-state index is -1.34. The highest BCUT2D eigenvalue weighted by Gasteiger charge is 2.11. The van der Waals surface area contributed by atoms with Gasteiger partial charge in [-0.2, -0.15) is 0 Å². The van der Waals surface area contributed by atoms with Crippen LogP contribution in [0.5, 0.6) is 0 Å². The van der Waals surface area contributed by atoms with Gasteiger partial charge in [0.15, 0.2) is 0 Å². The van der Waals surface area contributed by atoms with Gasteiger partial charge in [-0.15, -0.1) is 0 Å². The Balaban J connectivity index is 2.38. The lowest BCUT2D eigenvalue weighted by molar-refractivity contribution is 0.0692. The van der Waals surface area contributed by atoms with Crippen LogP contribution >= 0.6 is 0 Å². The van der Waals surface area contributed by atoms with Crippen LogP contribution in [0, 0.1) is 5.82 Å². The molecule has 0 atom stereocenters. The van der Waals surface area contributed by atoms with E-state index in [9.17, 15) is 14.0 Å². The lowest BCUT2D eigenvalue weighted by atomic mass is 10.2.